The number of carbonyl (C=O) groups excluding carboxylic acids is 2. The summed E-state index contributed by atoms with van der Waals surface area (Å²) in [5.41, 5.74) is -0.590. The first-order valence-electron chi connectivity index (χ1n) is 8.69. The molecule has 2 rings (SSSR count). The molecule has 4 nitrogen and oxygen atoms in total. The van der Waals surface area contributed by atoms with Crippen LogP contribution in [-0.2, 0) is 14.3 Å². The van der Waals surface area contributed by atoms with Crippen LogP contribution in [0.15, 0.2) is 0 Å². The number of carbonyl (C=O) groups is 2. The molecular weight excluding hydrogens is 278 g/mol. The Morgan fingerprint density at radius 1 is 1.41 bits per heavy atom. The van der Waals surface area contributed by atoms with Crippen LogP contribution in [0.1, 0.15) is 73.1 Å². The van der Waals surface area contributed by atoms with Gasteiger partial charge in [-0.15, -0.1) is 0 Å². The van der Waals surface area contributed by atoms with Crippen LogP contribution in [-0.4, -0.2) is 35.0 Å². The number of ether oxygens (including phenoxy) is 1. The van der Waals surface area contributed by atoms with Gasteiger partial charge in [-0.2, -0.15) is 0 Å². The molecular formula is C18H31NO3. The van der Waals surface area contributed by atoms with Crippen LogP contribution >= 0.6 is 0 Å². The van der Waals surface area contributed by atoms with Crippen molar-refractivity contribution in [3.05, 3.63) is 0 Å². The molecule has 2 aliphatic rings. The third kappa shape index (κ3) is 3.47. The summed E-state index contributed by atoms with van der Waals surface area (Å²) in [6.07, 6.45) is 5.00. The third-order valence-electron chi connectivity index (χ3n) is 5.42. The van der Waals surface area contributed by atoms with Gasteiger partial charge in [-0.25, -0.2) is 4.79 Å². The summed E-state index contributed by atoms with van der Waals surface area (Å²) in [4.78, 5) is 26.6. The van der Waals surface area contributed by atoms with Crippen LogP contribution in [0.25, 0.3) is 0 Å². The minimum absolute atomic E-state index is 0.0187. The largest absolute Gasteiger partial charge is 0.461 e. The van der Waals surface area contributed by atoms with E-state index in [9.17, 15) is 9.59 Å². The first-order chi connectivity index (χ1) is 10.2. The third-order valence-corrected chi connectivity index (χ3v) is 5.42. The van der Waals surface area contributed by atoms with Gasteiger partial charge < -0.3 is 9.64 Å². The monoisotopic (exact) mass is 309 g/mol. The molecule has 1 aliphatic heterocycles. The summed E-state index contributed by atoms with van der Waals surface area (Å²) in [5, 5.41) is 0. The summed E-state index contributed by atoms with van der Waals surface area (Å²) in [6, 6.07) is 0. The Morgan fingerprint density at radius 3 is 2.59 bits per heavy atom. The lowest BCUT2D eigenvalue weighted by molar-refractivity contribution is -0.170. The summed E-state index contributed by atoms with van der Waals surface area (Å²) < 4.78 is 5.88. The van der Waals surface area contributed by atoms with Crippen molar-refractivity contribution in [3.63, 3.8) is 0 Å². The number of likely N-dealkylation sites (tertiary alicyclic amines) is 1. The molecule has 0 radical (unpaired) electrons. The zero-order chi connectivity index (χ0) is 16.5. The maximum atomic E-state index is 12.8. The van der Waals surface area contributed by atoms with E-state index in [1.807, 2.05) is 13.8 Å². The topological polar surface area (TPSA) is 46.6 Å². The number of esters is 1. The molecule has 0 aromatic rings. The Hall–Kier alpha value is -1.06. The number of rotatable bonds is 4. The average Bonchev–Trinajstić information content (AvgIpc) is 2.82. The number of hydrogen-bond donors (Lipinski definition) is 0. The van der Waals surface area contributed by atoms with Crippen molar-refractivity contribution in [1.82, 2.24) is 4.90 Å². The van der Waals surface area contributed by atoms with Crippen LogP contribution in [0, 0.1) is 11.3 Å². The number of amides is 1. The second-order valence-corrected chi connectivity index (χ2v) is 8.22. The quantitative estimate of drug-likeness (QED) is 0.746. The minimum Gasteiger partial charge on any atom is -0.461 e. The maximum Gasteiger partial charge on any atom is 0.332 e. The molecule has 1 saturated heterocycles. The molecule has 0 spiro atoms. The van der Waals surface area contributed by atoms with Crippen LogP contribution in [0.2, 0.25) is 0 Å². The minimum atomic E-state index is -0.807. The Labute approximate surface area is 134 Å². The van der Waals surface area contributed by atoms with Crippen molar-refractivity contribution in [2.24, 2.45) is 11.3 Å². The fourth-order valence-electron chi connectivity index (χ4n) is 4.24. The lowest BCUT2D eigenvalue weighted by atomic mass is 9.71. The molecule has 0 bridgehead atoms. The molecule has 22 heavy (non-hydrogen) atoms. The molecule has 126 valence electrons. The number of nitrogens with zero attached hydrogens (tertiary/aromatic N) is 1. The van der Waals surface area contributed by atoms with E-state index in [1.54, 1.807) is 4.90 Å². The van der Waals surface area contributed by atoms with E-state index >= 15 is 0 Å². The lowest BCUT2D eigenvalue weighted by Crippen LogP contribution is -2.54. The van der Waals surface area contributed by atoms with Crippen molar-refractivity contribution in [2.75, 3.05) is 6.54 Å². The molecule has 1 saturated carbocycles. The molecule has 2 fully saturated rings. The normalized spacial score (nSPS) is 31.0. The fraction of sp³-hybridized carbons (Fsp3) is 0.889. The summed E-state index contributed by atoms with van der Waals surface area (Å²) in [7, 11) is 0. The van der Waals surface area contributed by atoms with Crippen molar-refractivity contribution in [2.45, 2.75) is 84.8 Å². The maximum absolute atomic E-state index is 12.8. The van der Waals surface area contributed by atoms with Crippen LogP contribution in [0.3, 0.4) is 0 Å². The molecule has 3 unspecified atom stereocenters. The molecule has 0 aromatic heterocycles. The molecule has 0 aromatic carbocycles. The van der Waals surface area contributed by atoms with Crippen LogP contribution in [0.4, 0.5) is 0 Å². The summed E-state index contributed by atoms with van der Waals surface area (Å²) in [6.45, 7) is 11.2. The highest BCUT2D eigenvalue weighted by atomic mass is 16.5. The lowest BCUT2D eigenvalue weighted by Gasteiger charge is -2.41. The second-order valence-electron chi connectivity index (χ2n) is 8.22. The van der Waals surface area contributed by atoms with Gasteiger partial charge in [0.25, 0.3) is 0 Å². The van der Waals surface area contributed by atoms with E-state index in [-0.39, 0.29) is 23.4 Å². The van der Waals surface area contributed by atoms with E-state index in [0.29, 0.717) is 25.3 Å². The number of hydrogen-bond acceptors (Lipinski definition) is 3. The Balaban J connectivity index is 2.07. The highest BCUT2D eigenvalue weighted by Gasteiger charge is 2.45. The van der Waals surface area contributed by atoms with E-state index in [4.69, 9.17) is 4.74 Å². The van der Waals surface area contributed by atoms with Crippen LogP contribution in [0.5, 0.6) is 0 Å². The van der Waals surface area contributed by atoms with E-state index in [1.165, 1.54) is 6.42 Å². The van der Waals surface area contributed by atoms with Crippen LogP contribution < -0.4 is 0 Å². The zero-order valence-corrected chi connectivity index (χ0v) is 14.8. The fourth-order valence-corrected chi connectivity index (χ4v) is 4.24. The summed E-state index contributed by atoms with van der Waals surface area (Å²) in [5.74, 6) is 0.432. The Kier molecular flexibility index (Phi) is 4.88. The Bertz CT molecular complexity index is 446. The first-order valence-corrected chi connectivity index (χ1v) is 8.69. The van der Waals surface area contributed by atoms with Gasteiger partial charge in [-0.3, -0.25) is 4.79 Å². The molecule has 3 atom stereocenters. The molecule has 4 heteroatoms. The molecule has 1 amide bonds. The Morgan fingerprint density at radius 2 is 2.09 bits per heavy atom. The molecule has 0 N–H and O–H groups in total. The van der Waals surface area contributed by atoms with Gasteiger partial charge in [-0.1, -0.05) is 27.7 Å². The van der Waals surface area contributed by atoms with E-state index in [0.717, 1.165) is 19.3 Å². The van der Waals surface area contributed by atoms with Gasteiger partial charge in [-0.05, 0) is 50.4 Å². The van der Waals surface area contributed by atoms with Gasteiger partial charge in [0.15, 0.2) is 0 Å². The molecule has 1 heterocycles. The highest BCUT2D eigenvalue weighted by molar-refractivity contribution is 5.88. The van der Waals surface area contributed by atoms with Gasteiger partial charge in [0.2, 0.25) is 5.91 Å². The average molecular weight is 309 g/mol. The van der Waals surface area contributed by atoms with Gasteiger partial charge in [0.05, 0.1) is 0 Å². The molecule has 1 aliphatic carbocycles. The predicted molar refractivity (Wildman–Crippen MR) is 86.3 cm³/mol. The smallest absolute Gasteiger partial charge is 0.332 e. The highest BCUT2D eigenvalue weighted by Crippen LogP contribution is 2.40. The van der Waals surface area contributed by atoms with Crippen molar-refractivity contribution in [1.29, 1.82) is 0 Å². The summed E-state index contributed by atoms with van der Waals surface area (Å²) >= 11 is 0. The zero-order valence-electron chi connectivity index (χ0n) is 14.8. The van der Waals surface area contributed by atoms with Gasteiger partial charge in [0, 0.05) is 13.0 Å². The predicted octanol–water partition coefficient (Wildman–Crippen LogP) is 3.54. The van der Waals surface area contributed by atoms with Gasteiger partial charge >= 0.3 is 5.97 Å². The van der Waals surface area contributed by atoms with E-state index in [2.05, 4.69) is 20.8 Å². The van der Waals surface area contributed by atoms with E-state index < -0.39 is 5.54 Å². The van der Waals surface area contributed by atoms with Crippen molar-refractivity contribution >= 4 is 11.9 Å². The second kappa shape index (κ2) is 6.21. The first kappa shape index (κ1) is 17.3. The van der Waals surface area contributed by atoms with Crippen molar-refractivity contribution < 1.29 is 14.3 Å². The standard InChI is InChI=1S/C18H31NO3/c1-6-18(5,19-9-7-8-15(19)20)16(21)22-14-10-13(2)11-17(3,4)12-14/h13-14H,6-12H2,1-5H3. The SMILES string of the molecule is CCC(C)(C(=O)OC1CC(C)CC(C)(C)C1)N1CCCC1=O. The van der Waals surface area contributed by atoms with Crippen molar-refractivity contribution in [3.8, 4) is 0 Å². The van der Waals surface area contributed by atoms with Gasteiger partial charge in [0.1, 0.15) is 11.6 Å².